The average Bonchev–Trinajstić information content (AvgIpc) is 2.44. The normalized spacial score (nSPS) is 10.6. The highest BCUT2D eigenvalue weighted by Gasteiger charge is 2.09. The van der Waals surface area contributed by atoms with Crippen molar-refractivity contribution in [2.45, 2.75) is 26.2 Å². The molecule has 0 bridgehead atoms. The minimum Gasteiger partial charge on any atom is -0.492 e. The molecule has 0 N–H and O–H groups in total. The maximum atomic E-state index is 13.9. The van der Waals surface area contributed by atoms with Gasteiger partial charge in [-0.25, -0.2) is 4.39 Å². The SMILES string of the molecule is CCCCOc1cccnc1Cc1ccc(Br)cc1F. The molecule has 20 heavy (non-hydrogen) atoms. The maximum Gasteiger partial charge on any atom is 0.141 e. The number of aromatic nitrogens is 1. The predicted molar refractivity (Wildman–Crippen MR) is 81.5 cm³/mol. The Bertz CT molecular complexity index is 574. The summed E-state index contributed by atoms with van der Waals surface area (Å²) in [5.74, 6) is 0.507. The van der Waals surface area contributed by atoms with Gasteiger partial charge in [-0.15, -0.1) is 0 Å². The molecule has 2 nitrogen and oxygen atoms in total. The van der Waals surface area contributed by atoms with Crippen molar-refractivity contribution in [3.05, 3.63) is 58.1 Å². The fraction of sp³-hybridized carbons (Fsp3) is 0.312. The fourth-order valence-electron chi connectivity index (χ4n) is 1.86. The van der Waals surface area contributed by atoms with Gasteiger partial charge in [0, 0.05) is 17.1 Å². The second kappa shape index (κ2) is 7.39. The number of hydrogen-bond acceptors (Lipinski definition) is 2. The summed E-state index contributed by atoms with van der Waals surface area (Å²) in [5.41, 5.74) is 1.39. The van der Waals surface area contributed by atoms with Crippen molar-refractivity contribution < 1.29 is 9.13 Å². The zero-order valence-corrected chi connectivity index (χ0v) is 13.0. The van der Waals surface area contributed by atoms with Gasteiger partial charge in [0.05, 0.1) is 12.3 Å². The first kappa shape index (κ1) is 15.0. The largest absolute Gasteiger partial charge is 0.492 e. The molecule has 0 spiro atoms. The molecule has 0 aliphatic carbocycles. The molecule has 0 atom stereocenters. The third-order valence-electron chi connectivity index (χ3n) is 2.98. The van der Waals surface area contributed by atoms with Crippen LogP contribution in [0.15, 0.2) is 41.0 Å². The molecule has 0 unspecified atom stereocenters. The van der Waals surface area contributed by atoms with Gasteiger partial charge >= 0.3 is 0 Å². The van der Waals surface area contributed by atoms with Gasteiger partial charge in [0.15, 0.2) is 0 Å². The number of rotatable bonds is 6. The summed E-state index contributed by atoms with van der Waals surface area (Å²) in [6.45, 7) is 2.78. The van der Waals surface area contributed by atoms with E-state index in [0.717, 1.165) is 28.8 Å². The summed E-state index contributed by atoms with van der Waals surface area (Å²) >= 11 is 3.26. The van der Waals surface area contributed by atoms with Crippen molar-refractivity contribution in [3.63, 3.8) is 0 Å². The maximum absolute atomic E-state index is 13.9. The van der Waals surface area contributed by atoms with E-state index in [0.29, 0.717) is 18.6 Å². The monoisotopic (exact) mass is 337 g/mol. The van der Waals surface area contributed by atoms with Gasteiger partial charge in [0.2, 0.25) is 0 Å². The Labute approximate surface area is 127 Å². The Morgan fingerprint density at radius 1 is 1.30 bits per heavy atom. The van der Waals surface area contributed by atoms with E-state index in [1.165, 1.54) is 6.07 Å². The zero-order chi connectivity index (χ0) is 14.4. The molecular formula is C16H17BrFNO. The molecule has 0 saturated carbocycles. The molecule has 4 heteroatoms. The second-order valence-electron chi connectivity index (χ2n) is 4.56. The third kappa shape index (κ3) is 4.04. The highest BCUT2D eigenvalue weighted by Crippen LogP contribution is 2.22. The van der Waals surface area contributed by atoms with Crippen molar-refractivity contribution in [3.8, 4) is 5.75 Å². The third-order valence-corrected chi connectivity index (χ3v) is 3.47. The topological polar surface area (TPSA) is 22.1 Å². The van der Waals surface area contributed by atoms with Crippen LogP contribution in [-0.4, -0.2) is 11.6 Å². The quantitative estimate of drug-likeness (QED) is 0.709. The number of ether oxygens (including phenoxy) is 1. The second-order valence-corrected chi connectivity index (χ2v) is 5.48. The molecule has 0 radical (unpaired) electrons. The van der Waals surface area contributed by atoms with Crippen molar-refractivity contribution in [1.29, 1.82) is 0 Å². The van der Waals surface area contributed by atoms with Crippen molar-refractivity contribution >= 4 is 15.9 Å². The lowest BCUT2D eigenvalue weighted by molar-refractivity contribution is 0.305. The number of pyridine rings is 1. The summed E-state index contributed by atoms with van der Waals surface area (Å²) in [7, 11) is 0. The highest BCUT2D eigenvalue weighted by molar-refractivity contribution is 9.10. The summed E-state index contributed by atoms with van der Waals surface area (Å²) < 4.78 is 20.3. The van der Waals surface area contributed by atoms with E-state index in [9.17, 15) is 4.39 Å². The molecule has 0 aliphatic rings. The Hall–Kier alpha value is -1.42. The van der Waals surface area contributed by atoms with Gasteiger partial charge in [0.1, 0.15) is 11.6 Å². The minimum absolute atomic E-state index is 0.232. The fourth-order valence-corrected chi connectivity index (χ4v) is 2.19. The summed E-state index contributed by atoms with van der Waals surface area (Å²) in [6.07, 6.45) is 4.22. The van der Waals surface area contributed by atoms with Crippen LogP contribution in [0.4, 0.5) is 4.39 Å². The number of nitrogens with zero attached hydrogens (tertiary/aromatic N) is 1. The highest BCUT2D eigenvalue weighted by atomic mass is 79.9. The molecule has 1 aromatic carbocycles. The van der Waals surface area contributed by atoms with Crippen molar-refractivity contribution in [1.82, 2.24) is 4.98 Å². The smallest absolute Gasteiger partial charge is 0.141 e. The first-order valence-corrected chi connectivity index (χ1v) is 7.50. The average molecular weight is 338 g/mol. The van der Waals surface area contributed by atoms with Crippen molar-refractivity contribution in [2.75, 3.05) is 6.61 Å². The minimum atomic E-state index is -0.232. The molecule has 0 aliphatic heterocycles. The first-order chi connectivity index (χ1) is 9.70. The molecule has 1 aromatic heterocycles. The van der Waals surface area contributed by atoms with E-state index in [1.807, 2.05) is 18.2 Å². The molecule has 2 aromatic rings. The summed E-state index contributed by atoms with van der Waals surface area (Å²) in [6, 6.07) is 8.79. The van der Waals surface area contributed by atoms with E-state index in [2.05, 4.69) is 27.8 Å². The van der Waals surface area contributed by atoms with Crippen LogP contribution in [-0.2, 0) is 6.42 Å². The summed E-state index contributed by atoms with van der Waals surface area (Å²) in [4.78, 5) is 4.31. The van der Waals surface area contributed by atoms with Gasteiger partial charge in [-0.2, -0.15) is 0 Å². The number of hydrogen-bond donors (Lipinski definition) is 0. The van der Waals surface area contributed by atoms with Gasteiger partial charge < -0.3 is 4.74 Å². The standard InChI is InChI=1S/C16H17BrFNO/c1-2-3-9-20-16-5-4-8-19-15(16)10-12-6-7-13(17)11-14(12)18/h4-8,11H,2-3,9-10H2,1H3. The van der Waals surface area contributed by atoms with E-state index >= 15 is 0 Å². The zero-order valence-electron chi connectivity index (χ0n) is 11.4. The number of unbranched alkanes of at least 4 members (excludes halogenated alkanes) is 1. The van der Waals surface area contributed by atoms with Gasteiger partial charge in [-0.05, 0) is 36.2 Å². The lowest BCUT2D eigenvalue weighted by Crippen LogP contribution is -2.03. The van der Waals surface area contributed by atoms with Gasteiger partial charge in [-0.1, -0.05) is 35.3 Å². The van der Waals surface area contributed by atoms with Crippen LogP contribution in [0, 0.1) is 5.82 Å². The number of benzene rings is 1. The molecular weight excluding hydrogens is 321 g/mol. The number of halogens is 2. The molecule has 0 saturated heterocycles. The van der Waals surface area contributed by atoms with Crippen LogP contribution in [0.25, 0.3) is 0 Å². The Kier molecular flexibility index (Phi) is 5.53. The van der Waals surface area contributed by atoms with Crippen LogP contribution < -0.4 is 4.74 Å². The molecule has 1 heterocycles. The molecule has 0 fully saturated rings. The first-order valence-electron chi connectivity index (χ1n) is 6.71. The molecule has 2 rings (SSSR count). The van der Waals surface area contributed by atoms with Gasteiger partial charge in [0.25, 0.3) is 0 Å². The van der Waals surface area contributed by atoms with Crippen LogP contribution in [0.2, 0.25) is 0 Å². The van der Waals surface area contributed by atoms with E-state index < -0.39 is 0 Å². The van der Waals surface area contributed by atoms with E-state index in [1.54, 1.807) is 12.3 Å². The van der Waals surface area contributed by atoms with Crippen LogP contribution in [0.5, 0.6) is 5.75 Å². The van der Waals surface area contributed by atoms with E-state index in [4.69, 9.17) is 4.74 Å². The van der Waals surface area contributed by atoms with E-state index in [-0.39, 0.29) is 5.82 Å². The van der Waals surface area contributed by atoms with Crippen LogP contribution >= 0.6 is 15.9 Å². The predicted octanol–water partition coefficient (Wildman–Crippen LogP) is 4.75. The van der Waals surface area contributed by atoms with Gasteiger partial charge in [-0.3, -0.25) is 4.98 Å². The summed E-state index contributed by atoms with van der Waals surface area (Å²) in [5, 5.41) is 0. The Morgan fingerprint density at radius 2 is 2.15 bits per heavy atom. The van der Waals surface area contributed by atoms with Crippen LogP contribution in [0.3, 0.4) is 0 Å². The van der Waals surface area contributed by atoms with Crippen molar-refractivity contribution in [2.24, 2.45) is 0 Å². The Balaban J connectivity index is 2.16. The lowest BCUT2D eigenvalue weighted by atomic mass is 10.1. The van der Waals surface area contributed by atoms with Crippen LogP contribution in [0.1, 0.15) is 31.0 Å². The Morgan fingerprint density at radius 3 is 2.90 bits per heavy atom. The lowest BCUT2D eigenvalue weighted by Gasteiger charge is -2.10. The molecule has 106 valence electrons. The molecule has 0 amide bonds.